The number of hydrogen-bond acceptors (Lipinski definition) is 3. The molecular formula is C17H30N4. The molecule has 1 unspecified atom stereocenters. The highest BCUT2D eigenvalue weighted by Crippen LogP contribution is 2.34. The summed E-state index contributed by atoms with van der Waals surface area (Å²) in [5.74, 6) is 0.751. The van der Waals surface area contributed by atoms with Crippen molar-refractivity contribution in [1.29, 1.82) is 0 Å². The van der Waals surface area contributed by atoms with E-state index in [1.54, 1.807) is 0 Å². The molecule has 0 bridgehead atoms. The van der Waals surface area contributed by atoms with E-state index < -0.39 is 0 Å². The smallest absolute Gasteiger partial charge is 0.0764 e. The fourth-order valence-electron chi connectivity index (χ4n) is 4.14. The molecule has 1 saturated heterocycles. The first-order chi connectivity index (χ1) is 10.1. The maximum atomic E-state index is 4.59. The Labute approximate surface area is 128 Å². The molecule has 1 atom stereocenters. The quantitative estimate of drug-likeness (QED) is 0.925. The third-order valence-electron chi connectivity index (χ3n) is 5.17. The summed E-state index contributed by atoms with van der Waals surface area (Å²) in [5.41, 5.74) is 1.60. The van der Waals surface area contributed by atoms with Crippen LogP contribution >= 0.6 is 0 Å². The monoisotopic (exact) mass is 290 g/mol. The molecule has 2 fully saturated rings. The molecule has 1 aromatic heterocycles. The molecule has 1 spiro atoms. The molecule has 1 aromatic rings. The van der Waals surface area contributed by atoms with Gasteiger partial charge in [0.15, 0.2) is 0 Å². The molecule has 1 N–H and O–H groups in total. The highest BCUT2D eigenvalue weighted by atomic mass is 15.3. The fraction of sp³-hybridized carbons (Fsp3) is 0.824. The fourth-order valence-corrected chi connectivity index (χ4v) is 4.14. The molecule has 4 heteroatoms. The Morgan fingerprint density at radius 2 is 2.14 bits per heavy atom. The summed E-state index contributed by atoms with van der Waals surface area (Å²) in [4.78, 5) is 2.70. The van der Waals surface area contributed by atoms with Crippen molar-refractivity contribution in [2.45, 2.75) is 64.1 Å². The van der Waals surface area contributed by atoms with Crippen LogP contribution in [0.3, 0.4) is 0 Å². The molecule has 0 aromatic carbocycles. The van der Waals surface area contributed by atoms with Crippen molar-refractivity contribution >= 4 is 0 Å². The van der Waals surface area contributed by atoms with Crippen molar-refractivity contribution < 1.29 is 0 Å². The zero-order chi connectivity index (χ0) is 14.9. The van der Waals surface area contributed by atoms with E-state index in [-0.39, 0.29) is 0 Å². The number of aryl methyl sites for hydroxylation is 1. The second kappa shape index (κ2) is 6.09. The van der Waals surface area contributed by atoms with Gasteiger partial charge in [0.1, 0.15) is 0 Å². The maximum absolute atomic E-state index is 4.59. The molecule has 4 nitrogen and oxygen atoms in total. The number of nitrogens with zero attached hydrogens (tertiary/aromatic N) is 3. The van der Waals surface area contributed by atoms with Gasteiger partial charge in [-0.25, -0.2) is 0 Å². The first-order valence-corrected chi connectivity index (χ1v) is 8.54. The largest absolute Gasteiger partial charge is 0.308 e. The standard InChI is InChI=1S/C17H30N4/c1-14(2)10-16-11-18-17(7-4-5-8-17)13-21(16)12-15-6-9-20(3)19-15/h6,9,14,16,18H,4-5,7-8,10-13H2,1-3H3. The lowest BCUT2D eigenvalue weighted by molar-refractivity contribution is 0.0619. The Bertz CT molecular complexity index is 459. The van der Waals surface area contributed by atoms with Crippen molar-refractivity contribution in [3.8, 4) is 0 Å². The van der Waals surface area contributed by atoms with Crippen LogP contribution in [0.15, 0.2) is 12.3 Å². The van der Waals surface area contributed by atoms with Crippen LogP contribution in [0.1, 0.15) is 51.6 Å². The van der Waals surface area contributed by atoms with Gasteiger partial charge in [0.05, 0.1) is 5.69 Å². The molecule has 21 heavy (non-hydrogen) atoms. The van der Waals surface area contributed by atoms with Crippen LogP contribution in [0, 0.1) is 5.92 Å². The molecule has 1 aliphatic carbocycles. The summed E-state index contributed by atoms with van der Waals surface area (Å²) in [5, 5.41) is 8.49. The summed E-state index contributed by atoms with van der Waals surface area (Å²) >= 11 is 0. The minimum absolute atomic E-state index is 0.391. The molecule has 0 radical (unpaired) electrons. The number of piperazine rings is 1. The number of rotatable bonds is 4. The van der Waals surface area contributed by atoms with Crippen LogP contribution in [0.25, 0.3) is 0 Å². The first kappa shape index (κ1) is 15.0. The number of aromatic nitrogens is 2. The third-order valence-corrected chi connectivity index (χ3v) is 5.17. The van der Waals surface area contributed by atoms with Gasteiger partial charge in [-0.3, -0.25) is 9.58 Å². The summed E-state index contributed by atoms with van der Waals surface area (Å²) in [6.07, 6.45) is 8.80. The lowest BCUT2D eigenvalue weighted by Gasteiger charge is -2.46. The van der Waals surface area contributed by atoms with Crippen molar-refractivity contribution in [2.24, 2.45) is 13.0 Å². The van der Waals surface area contributed by atoms with E-state index in [4.69, 9.17) is 0 Å². The Hall–Kier alpha value is -0.870. The van der Waals surface area contributed by atoms with Crippen LogP contribution in [0.2, 0.25) is 0 Å². The van der Waals surface area contributed by atoms with Crippen molar-refractivity contribution in [3.63, 3.8) is 0 Å². The molecule has 0 amide bonds. The second-order valence-electron chi connectivity index (χ2n) is 7.54. The molecule has 1 saturated carbocycles. The normalized spacial score (nSPS) is 26.0. The van der Waals surface area contributed by atoms with E-state index >= 15 is 0 Å². The maximum Gasteiger partial charge on any atom is 0.0764 e. The summed E-state index contributed by atoms with van der Waals surface area (Å²) in [6, 6.07) is 2.81. The van der Waals surface area contributed by atoms with E-state index in [1.807, 2.05) is 11.7 Å². The van der Waals surface area contributed by atoms with Gasteiger partial charge in [0.25, 0.3) is 0 Å². The SMILES string of the molecule is CC(C)CC1CNC2(CCCC2)CN1Cc1ccn(C)n1. The Kier molecular flexibility index (Phi) is 4.36. The van der Waals surface area contributed by atoms with Gasteiger partial charge < -0.3 is 5.32 Å². The molecular weight excluding hydrogens is 260 g/mol. The highest BCUT2D eigenvalue weighted by Gasteiger charge is 2.41. The van der Waals surface area contributed by atoms with E-state index in [9.17, 15) is 0 Å². The number of hydrogen-bond donors (Lipinski definition) is 1. The van der Waals surface area contributed by atoms with Gasteiger partial charge in [0.2, 0.25) is 0 Å². The average Bonchev–Trinajstić information content (AvgIpc) is 3.03. The molecule has 1 aliphatic heterocycles. The van der Waals surface area contributed by atoms with Gasteiger partial charge >= 0.3 is 0 Å². The summed E-state index contributed by atoms with van der Waals surface area (Å²) < 4.78 is 1.92. The average molecular weight is 290 g/mol. The molecule has 2 heterocycles. The zero-order valence-corrected chi connectivity index (χ0v) is 13.8. The minimum atomic E-state index is 0.391. The lowest BCUT2D eigenvalue weighted by atomic mass is 9.89. The van der Waals surface area contributed by atoms with E-state index in [0.717, 1.165) is 19.0 Å². The first-order valence-electron chi connectivity index (χ1n) is 8.54. The van der Waals surface area contributed by atoms with E-state index in [2.05, 4.69) is 41.4 Å². The zero-order valence-electron chi connectivity index (χ0n) is 13.8. The van der Waals surface area contributed by atoms with Crippen LogP contribution in [0.4, 0.5) is 0 Å². The van der Waals surface area contributed by atoms with Crippen LogP contribution in [-0.2, 0) is 13.6 Å². The van der Waals surface area contributed by atoms with Gasteiger partial charge in [-0.1, -0.05) is 26.7 Å². The number of nitrogens with one attached hydrogen (secondary N) is 1. The molecule has 2 aliphatic rings. The Morgan fingerprint density at radius 3 is 2.76 bits per heavy atom. The Balaban J connectivity index is 1.72. The van der Waals surface area contributed by atoms with E-state index in [0.29, 0.717) is 11.6 Å². The minimum Gasteiger partial charge on any atom is -0.308 e. The summed E-state index contributed by atoms with van der Waals surface area (Å²) in [7, 11) is 2.01. The molecule has 118 valence electrons. The predicted octanol–water partition coefficient (Wildman–Crippen LogP) is 2.55. The predicted molar refractivity (Wildman–Crippen MR) is 86.1 cm³/mol. The van der Waals surface area contributed by atoms with Crippen LogP contribution < -0.4 is 5.32 Å². The third kappa shape index (κ3) is 3.49. The topological polar surface area (TPSA) is 33.1 Å². The van der Waals surface area contributed by atoms with Gasteiger partial charge in [-0.15, -0.1) is 0 Å². The van der Waals surface area contributed by atoms with Crippen LogP contribution in [0.5, 0.6) is 0 Å². The highest BCUT2D eigenvalue weighted by molar-refractivity contribution is 5.05. The Morgan fingerprint density at radius 1 is 1.38 bits per heavy atom. The van der Waals surface area contributed by atoms with Gasteiger partial charge in [-0.05, 0) is 31.2 Å². The van der Waals surface area contributed by atoms with Crippen LogP contribution in [-0.4, -0.2) is 39.4 Å². The molecule has 3 rings (SSSR count). The lowest BCUT2D eigenvalue weighted by Crippen LogP contribution is -2.63. The van der Waals surface area contributed by atoms with E-state index in [1.165, 1.54) is 44.3 Å². The van der Waals surface area contributed by atoms with Gasteiger partial charge in [-0.2, -0.15) is 5.10 Å². The van der Waals surface area contributed by atoms with Crippen molar-refractivity contribution in [2.75, 3.05) is 13.1 Å². The second-order valence-corrected chi connectivity index (χ2v) is 7.54. The van der Waals surface area contributed by atoms with Crippen molar-refractivity contribution in [1.82, 2.24) is 20.0 Å². The van der Waals surface area contributed by atoms with Gasteiger partial charge in [0, 0.05) is 44.5 Å². The van der Waals surface area contributed by atoms with Crippen molar-refractivity contribution in [3.05, 3.63) is 18.0 Å². The summed E-state index contributed by atoms with van der Waals surface area (Å²) in [6.45, 7) is 8.01.